The van der Waals surface area contributed by atoms with E-state index in [4.69, 9.17) is 21.1 Å². The summed E-state index contributed by atoms with van der Waals surface area (Å²) in [5.41, 5.74) is 3.00. The van der Waals surface area contributed by atoms with Crippen molar-refractivity contribution in [3.8, 4) is 11.5 Å². The minimum absolute atomic E-state index is 0.0272. The zero-order valence-electron chi connectivity index (χ0n) is 14.8. The number of nitrogens with zero attached hydrogens (tertiary/aromatic N) is 2. The third-order valence-electron chi connectivity index (χ3n) is 3.77. The fourth-order valence-electron chi connectivity index (χ4n) is 2.49. The van der Waals surface area contributed by atoms with E-state index in [0.717, 1.165) is 4.70 Å². The molecule has 8 nitrogen and oxygen atoms in total. The molecule has 0 saturated carbocycles. The van der Waals surface area contributed by atoms with Gasteiger partial charge in [0, 0.05) is 22.2 Å². The molecule has 0 bridgehead atoms. The Labute approximate surface area is 168 Å². The van der Waals surface area contributed by atoms with E-state index in [1.165, 1.54) is 43.9 Å². The minimum Gasteiger partial charge on any atom is -0.493 e. The van der Waals surface area contributed by atoms with Crippen LogP contribution < -0.4 is 14.9 Å². The zero-order valence-corrected chi connectivity index (χ0v) is 16.3. The van der Waals surface area contributed by atoms with Gasteiger partial charge in [-0.15, -0.1) is 11.3 Å². The Kier molecular flexibility index (Phi) is 5.76. The minimum atomic E-state index is -0.477. The normalized spacial score (nSPS) is 11.0. The molecule has 0 aliphatic heterocycles. The topological polar surface area (TPSA) is 103 Å². The highest BCUT2D eigenvalue weighted by atomic mass is 35.5. The van der Waals surface area contributed by atoms with Crippen molar-refractivity contribution in [3.63, 3.8) is 0 Å². The Balaban J connectivity index is 1.76. The number of nitro benzene ring substituents is 1. The first-order chi connectivity index (χ1) is 13.4. The molecule has 0 radical (unpaired) electrons. The highest BCUT2D eigenvalue weighted by molar-refractivity contribution is 7.20. The van der Waals surface area contributed by atoms with Crippen LogP contribution in [0, 0.1) is 10.1 Å². The predicted octanol–water partition coefficient (Wildman–Crippen LogP) is 4.24. The Morgan fingerprint density at radius 2 is 2.04 bits per heavy atom. The fraction of sp³-hybridized carbons (Fsp3) is 0.111. The Hall–Kier alpha value is -3.17. The van der Waals surface area contributed by atoms with Gasteiger partial charge in [-0.2, -0.15) is 5.10 Å². The molecule has 0 aliphatic rings. The van der Waals surface area contributed by atoms with Crippen LogP contribution in [0.1, 0.15) is 15.2 Å². The molecule has 1 N–H and O–H groups in total. The van der Waals surface area contributed by atoms with E-state index in [2.05, 4.69) is 10.5 Å². The maximum Gasteiger partial charge on any atom is 0.281 e. The quantitative estimate of drug-likeness (QED) is 0.365. The number of halogens is 1. The van der Waals surface area contributed by atoms with Gasteiger partial charge in [0.1, 0.15) is 0 Å². The molecule has 1 aromatic heterocycles. The molecule has 0 spiro atoms. The van der Waals surface area contributed by atoms with Crippen LogP contribution in [0.2, 0.25) is 5.02 Å². The summed E-state index contributed by atoms with van der Waals surface area (Å²) in [6.45, 7) is 0. The van der Waals surface area contributed by atoms with Crippen LogP contribution in [0.4, 0.5) is 5.69 Å². The Morgan fingerprint density at radius 1 is 1.25 bits per heavy atom. The molecule has 0 atom stereocenters. The first-order valence-corrected chi connectivity index (χ1v) is 9.05. The highest BCUT2D eigenvalue weighted by Gasteiger charge is 2.13. The summed E-state index contributed by atoms with van der Waals surface area (Å²) in [5.74, 6) is 0.422. The third kappa shape index (κ3) is 4.05. The summed E-state index contributed by atoms with van der Waals surface area (Å²) in [5, 5.41) is 15.8. The monoisotopic (exact) mass is 419 g/mol. The number of thiophene rings is 1. The van der Waals surface area contributed by atoms with Gasteiger partial charge in [0.25, 0.3) is 11.6 Å². The Bertz CT molecular complexity index is 1100. The molecule has 1 amide bonds. The van der Waals surface area contributed by atoms with E-state index < -0.39 is 10.8 Å². The number of ether oxygens (including phenoxy) is 2. The molecule has 28 heavy (non-hydrogen) atoms. The van der Waals surface area contributed by atoms with Crippen molar-refractivity contribution in [1.82, 2.24) is 5.43 Å². The molecular formula is C18H14ClN3O5S. The predicted molar refractivity (Wildman–Crippen MR) is 108 cm³/mol. The molecule has 0 unspecified atom stereocenters. The smallest absolute Gasteiger partial charge is 0.281 e. The number of methoxy groups -OCH3 is 2. The SMILES string of the molecule is COc1cc(/C=N\NC(=O)c2cc3cc([N+](=O)[O-])ccc3s2)cc(Cl)c1OC. The number of non-ortho nitro benzene ring substituents is 1. The second-order valence-corrected chi connectivity index (χ2v) is 7.02. The van der Waals surface area contributed by atoms with Crippen LogP contribution in [-0.4, -0.2) is 31.3 Å². The number of fused-ring (bicyclic) bond motifs is 1. The van der Waals surface area contributed by atoms with Gasteiger partial charge >= 0.3 is 0 Å². The van der Waals surface area contributed by atoms with Crippen molar-refractivity contribution in [3.05, 3.63) is 62.0 Å². The van der Waals surface area contributed by atoms with Gasteiger partial charge in [-0.1, -0.05) is 11.6 Å². The second kappa shape index (κ2) is 8.24. The number of carbonyl (C=O) groups excluding carboxylic acids is 1. The molecule has 2 aromatic carbocycles. The number of hydrazone groups is 1. The number of hydrogen-bond acceptors (Lipinski definition) is 7. The molecule has 3 aromatic rings. The Morgan fingerprint density at radius 3 is 2.71 bits per heavy atom. The van der Waals surface area contributed by atoms with Crippen molar-refractivity contribution in [2.24, 2.45) is 5.10 Å². The summed E-state index contributed by atoms with van der Waals surface area (Å²) < 4.78 is 11.1. The molecule has 10 heteroatoms. The number of rotatable bonds is 6. The lowest BCUT2D eigenvalue weighted by Crippen LogP contribution is -2.16. The molecule has 3 rings (SSSR count). The largest absolute Gasteiger partial charge is 0.493 e. The lowest BCUT2D eigenvalue weighted by Gasteiger charge is -2.09. The fourth-order valence-corrected chi connectivity index (χ4v) is 3.72. The average Bonchev–Trinajstić information content (AvgIpc) is 3.10. The number of carbonyl (C=O) groups is 1. The van der Waals surface area contributed by atoms with E-state index in [-0.39, 0.29) is 5.69 Å². The van der Waals surface area contributed by atoms with E-state index in [1.54, 1.807) is 24.3 Å². The summed E-state index contributed by atoms with van der Waals surface area (Å²) in [6, 6.07) is 9.32. The van der Waals surface area contributed by atoms with Gasteiger partial charge in [0.05, 0.1) is 35.3 Å². The third-order valence-corrected chi connectivity index (χ3v) is 5.17. The molecule has 1 heterocycles. The van der Waals surface area contributed by atoms with Crippen molar-refractivity contribution in [2.75, 3.05) is 14.2 Å². The number of amides is 1. The summed E-state index contributed by atoms with van der Waals surface area (Å²) >= 11 is 7.35. The molecule has 0 aliphatic carbocycles. The van der Waals surface area contributed by atoms with Crippen LogP contribution in [0.15, 0.2) is 41.5 Å². The van der Waals surface area contributed by atoms with Crippen molar-refractivity contribution >= 4 is 50.8 Å². The standard InChI is InChI=1S/C18H14ClN3O5S/c1-26-14-6-10(5-13(19)17(14)27-2)9-20-21-18(23)16-8-11-7-12(22(24)25)3-4-15(11)28-16/h3-9H,1-2H3,(H,21,23)/b20-9-. The van der Waals surface area contributed by atoms with Gasteiger partial charge in [0.15, 0.2) is 11.5 Å². The van der Waals surface area contributed by atoms with Crippen LogP contribution in [0.25, 0.3) is 10.1 Å². The lowest BCUT2D eigenvalue weighted by atomic mass is 10.2. The van der Waals surface area contributed by atoms with E-state index in [0.29, 0.717) is 32.3 Å². The van der Waals surface area contributed by atoms with Gasteiger partial charge in [-0.3, -0.25) is 14.9 Å². The summed E-state index contributed by atoms with van der Waals surface area (Å²) in [6.07, 6.45) is 1.42. The highest BCUT2D eigenvalue weighted by Crippen LogP contribution is 2.35. The number of benzene rings is 2. The number of nitro groups is 1. The maximum absolute atomic E-state index is 12.3. The van der Waals surface area contributed by atoms with Crippen LogP contribution in [0.3, 0.4) is 0 Å². The molecule has 144 valence electrons. The lowest BCUT2D eigenvalue weighted by molar-refractivity contribution is -0.384. The number of hydrogen-bond donors (Lipinski definition) is 1. The van der Waals surface area contributed by atoms with Crippen LogP contribution in [-0.2, 0) is 0 Å². The molecule has 0 saturated heterocycles. The van der Waals surface area contributed by atoms with Gasteiger partial charge in [-0.25, -0.2) is 5.43 Å². The maximum atomic E-state index is 12.3. The summed E-state index contributed by atoms with van der Waals surface area (Å²) in [4.78, 5) is 23.1. The second-order valence-electron chi connectivity index (χ2n) is 5.53. The van der Waals surface area contributed by atoms with E-state index in [1.807, 2.05) is 0 Å². The molecule has 0 fully saturated rings. The first-order valence-electron chi connectivity index (χ1n) is 7.86. The van der Waals surface area contributed by atoms with Crippen LogP contribution >= 0.6 is 22.9 Å². The van der Waals surface area contributed by atoms with E-state index >= 15 is 0 Å². The average molecular weight is 420 g/mol. The van der Waals surface area contributed by atoms with Gasteiger partial charge < -0.3 is 9.47 Å². The van der Waals surface area contributed by atoms with Crippen molar-refractivity contribution in [2.45, 2.75) is 0 Å². The number of nitrogens with one attached hydrogen (secondary N) is 1. The van der Waals surface area contributed by atoms with Gasteiger partial charge in [-0.05, 0) is 29.8 Å². The molecular weight excluding hydrogens is 406 g/mol. The van der Waals surface area contributed by atoms with E-state index in [9.17, 15) is 14.9 Å². The van der Waals surface area contributed by atoms with Crippen molar-refractivity contribution in [1.29, 1.82) is 0 Å². The van der Waals surface area contributed by atoms with Gasteiger partial charge in [0.2, 0.25) is 0 Å². The van der Waals surface area contributed by atoms with Crippen molar-refractivity contribution < 1.29 is 19.2 Å². The van der Waals surface area contributed by atoms with Crippen LogP contribution in [0.5, 0.6) is 11.5 Å². The first kappa shape index (κ1) is 19.6. The zero-order chi connectivity index (χ0) is 20.3. The summed E-state index contributed by atoms with van der Waals surface area (Å²) in [7, 11) is 2.97.